The average molecular weight is 253 g/mol. The van der Waals surface area contributed by atoms with E-state index in [9.17, 15) is 0 Å². The fourth-order valence-electron chi connectivity index (χ4n) is 3.39. The summed E-state index contributed by atoms with van der Waals surface area (Å²) in [5.41, 5.74) is 5.24. The largest absolute Gasteiger partial charge is 0.253 e. The Labute approximate surface area is 116 Å². The van der Waals surface area contributed by atoms with Crippen molar-refractivity contribution >= 4 is 10.9 Å². The Kier molecular flexibility index (Phi) is 3.54. The van der Waals surface area contributed by atoms with E-state index in [1.807, 2.05) is 0 Å². The molecule has 1 nitrogen and oxygen atoms in total. The topological polar surface area (TPSA) is 12.9 Å². The standard InChI is InChI=1S/C18H23N/c1-3-17-13(2)11-16-12-15(9-10-18(16)19-17)14-7-5-4-6-8-14/h9-12,14H,3-8H2,1-2H3. The Morgan fingerprint density at radius 1 is 1.11 bits per heavy atom. The smallest absolute Gasteiger partial charge is 0.0705 e. The van der Waals surface area contributed by atoms with Gasteiger partial charge in [0.15, 0.2) is 0 Å². The van der Waals surface area contributed by atoms with Gasteiger partial charge < -0.3 is 0 Å². The highest BCUT2D eigenvalue weighted by Crippen LogP contribution is 2.33. The van der Waals surface area contributed by atoms with Crippen molar-refractivity contribution in [2.24, 2.45) is 0 Å². The Hall–Kier alpha value is -1.37. The van der Waals surface area contributed by atoms with E-state index in [-0.39, 0.29) is 0 Å². The predicted molar refractivity (Wildman–Crippen MR) is 81.7 cm³/mol. The summed E-state index contributed by atoms with van der Waals surface area (Å²) in [6, 6.07) is 9.22. The summed E-state index contributed by atoms with van der Waals surface area (Å²) in [5, 5.41) is 1.32. The molecule has 0 N–H and O–H groups in total. The fourth-order valence-corrected chi connectivity index (χ4v) is 3.39. The van der Waals surface area contributed by atoms with Gasteiger partial charge in [-0.15, -0.1) is 0 Å². The molecule has 1 saturated carbocycles. The molecule has 2 aromatic rings. The highest BCUT2D eigenvalue weighted by atomic mass is 14.7. The SMILES string of the molecule is CCc1nc2ccc(C3CCCCC3)cc2cc1C. The molecular formula is C18H23N. The van der Waals surface area contributed by atoms with Crippen molar-refractivity contribution in [1.82, 2.24) is 4.98 Å². The number of hydrogen-bond donors (Lipinski definition) is 0. The van der Waals surface area contributed by atoms with E-state index in [1.165, 1.54) is 54.3 Å². The molecule has 0 atom stereocenters. The van der Waals surface area contributed by atoms with Crippen LogP contribution in [0.5, 0.6) is 0 Å². The van der Waals surface area contributed by atoms with Crippen molar-refractivity contribution in [1.29, 1.82) is 0 Å². The number of benzene rings is 1. The van der Waals surface area contributed by atoms with Gasteiger partial charge in [-0.2, -0.15) is 0 Å². The first-order valence-corrected chi connectivity index (χ1v) is 7.68. The van der Waals surface area contributed by atoms with Crippen molar-refractivity contribution in [3.63, 3.8) is 0 Å². The monoisotopic (exact) mass is 253 g/mol. The average Bonchev–Trinajstić information content (AvgIpc) is 2.47. The zero-order valence-electron chi connectivity index (χ0n) is 12.1. The van der Waals surface area contributed by atoms with Gasteiger partial charge in [0.1, 0.15) is 0 Å². The molecule has 0 aliphatic heterocycles. The molecular weight excluding hydrogens is 230 g/mol. The summed E-state index contributed by atoms with van der Waals surface area (Å²) in [7, 11) is 0. The molecule has 0 bridgehead atoms. The zero-order chi connectivity index (χ0) is 13.2. The van der Waals surface area contributed by atoms with Crippen LogP contribution in [0.1, 0.15) is 61.8 Å². The Bertz CT molecular complexity index is 580. The van der Waals surface area contributed by atoms with Gasteiger partial charge in [-0.1, -0.05) is 32.3 Å². The lowest BCUT2D eigenvalue weighted by Crippen LogP contribution is -2.04. The molecule has 0 spiro atoms. The van der Waals surface area contributed by atoms with Crippen LogP contribution in [0.4, 0.5) is 0 Å². The highest BCUT2D eigenvalue weighted by molar-refractivity contribution is 5.80. The van der Waals surface area contributed by atoms with Gasteiger partial charge in [0.05, 0.1) is 5.52 Å². The van der Waals surface area contributed by atoms with E-state index in [2.05, 4.69) is 38.1 Å². The minimum Gasteiger partial charge on any atom is -0.253 e. The summed E-state index contributed by atoms with van der Waals surface area (Å²) < 4.78 is 0. The number of aryl methyl sites for hydroxylation is 2. The molecule has 1 heteroatoms. The number of nitrogens with zero attached hydrogens (tertiary/aromatic N) is 1. The summed E-state index contributed by atoms with van der Waals surface area (Å²) in [6.07, 6.45) is 7.97. The van der Waals surface area contributed by atoms with E-state index >= 15 is 0 Å². The van der Waals surface area contributed by atoms with Crippen LogP contribution < -0.4 is 0 Å². The van der Waals surface area contributed by atoms with Crippen LogP contribution in [0.2, 0.25) is 0 Å². The molecule has 100 valence electrons. The van der Waals surface area contributed by atoms with Crippen LogP contribution >= 0.6 is 0 Å². The number of hydrogen-bond acceptors (Lipinski definition) is 1. The van der Waals surface area contributed by atoms with Crippen molar-refractivity contribution in [3.05, 3.63) is 41.1 Å². The molecule has 0 amide bonds. The summed E-state index contributed by atoms with van der Waals surface area (Å²) in [5.74, 6) is 0.782. The third kappa shape index (κ3) is 2.51. The van der Waals surface area contributed by atoms with Gasteiger partial charge in [-0.05, 0) is 61.4 Å². The van der Waals surface area contributed by atoms with E-state index < -0.39 is 0 Å². The molecule has 1 heterocycles. The first-order chi connectivity index (χ1) is 9.28. The van der Waals surface area contributed by atoms with Crippen LogP contribution in [0.15, 0.2) is 24.3 Å². The molecule has 1 aliphatic carbocycles. The molecule has 1 aromatic carbocycles. The maximum absolute atomic E-state index is 4.78. The summed E-state index contributed by atoms with van der Waals surface area (Å²) in [6.45, 7) is 4.36. The second kappa shape index (κ2) is 5.32. The van der Waals surface area contributed by atoms with Crippen LogP contribution in [0.3, 0.4) is 0 Å². The lowest BCUT2D eigenvalue weighted by molar-refractivity contribution is 0.444. The van der Waals surface area contributed by atoms with Crippen molar-refractivity contribution in [2.75, 3.05) is 0 Å². The molecule has 3 rings (SSSR count). The lowest BCUT2D eigenvalue weighted by atomic mass is 9.83. The quantitative estimate of drug-likeness (QED) is 0.721. The molecule has 1 aromatic heterocycles. The van der Waals surface area contributed by atoms with Gasteiger partial charge in [-0.25, -0.2) is 0 Å². The first kappa shape index (κ1) is 12.7. The molecule has 1 aliphatic rings. The van der Waals surface area contributed by atoms with E-state index in [1.54, 1.807) is 0 Å². The maximum Gasteiger partial charge on any atom is 0.0705 e. The number of rotatable bonds is 2. The predicted octanol–water partition coefficient (Wildman–Crippen LogP) is 5.15. The van der Waals surface area contributed by atoms with Gasteiger partial charge in [0.25, 0.3) is 0 Å². The Morgan fingerprint density at radius 3 is 2.63 bits per heavy atom. The molecule has 0 radical (unpaired) electrons. The van der Waals surface area contributed by atoms with Crippen LogP contribution in [0.25, 0.3) is 10.9 Å². The Balaban J connectivity index is 2.00. The molecule has 0 saturated heterocycles. The number of aromatic nitrogens is 1. The van der Waals surface area contributed by atoms with Gasteiger partial charge >= 0.3 is 0 Å². The number of pyridine rings is 1. The summed E-state index contributed by atoms with van der Waals surface area (Å²) in [4.78, 5) is 4.78. The van der Waals surface area contributed by atoms with Gasteiger partial charge in [-0.3, -0.25) is 4.98 Å². The first-order valence-electron chi connectivity index (χ1n) is 7.68. The number of fused-ring (bicyclic) bond motifs is 1. The normalized spacial score (nSPS) is 16.9. The van der Waals surface area contributed by atoms with Gasteiger partial charge in [0.2, 0.25) is 0 Å². The van der Waals surface area contributed by atoms with E-state index in [0.717, 1.165) is 17.9 Å². The maximum atomic E-state index is 4.78. The minimum atomic E-state index is 0.782. The zero-order valence-corrected chi connectivity index (χ0v) is 12.1. The van der Waals surface area contributed by atoms with E-state index in [0.29, 0.717) is 0 Å². The van der Waals surface area contributed by atoms with Gasteiger partial charge in [0, 0.05) is 11.1 Å². The molecule has 19 heavy (non-hydrogen) atoms. The van der Waals surface area contributed by atoms with Crippen molar-refractivity contribution < 1.29 is 0 Å². The minimum absolute atomic E-state index is 0.782. The molecule has 0 unspecified atom stereocenters. The summed E-state index contributed by atoms with van der Waals surface area (Å²) >= 11 is 0. The van der Waals surface area contributed by atoms with Crippen LogP contribution in [0, 0.1) is 6.92 Å². The van der Waals surface area contributed by atoms with Crippen LogP contribution in [-0.2, 0) is 6.42 Å². The fraction of sp³-hybridized carbons (Fsp3) is 0.500. The van der Waals surface area contributed by atoms with E-state index in [4.69, 9.17) is 4.98 Å². The second-order valence-corrected chi connectivity index (χ2v) is 5.89. The van der Waals surface area contributed by atoms with Crippen molar-refractivity contribution in [3.8, 4) is 0 Å². The molecule has 1 fully saturated rings. The third-order valence-corrected chi connectivity index (χ3v) is 4.55. The third-order valence-electron chi connectivity index (χ3n) is 4.55. The lowest BCUT2D eigenvalue weighted by Gasteiger charge is -2.22. The highest BCUT2D eigenvalue weighted by Gasteiger charge is 2.15. The second-order valence-electron chi connectivity index (χ2n) is 5.89. The van der Waals surface area contributed by atoms with Crippen molar-refractivity contribution in [2.45, 2.75) is 58.3 Å². The Morgan fingerprint density at radius 2 is 1.89 bits per heavy atom. The van der Waals surface area contributed by atoms with Crippen LogP contribution in [-0.4, -0.2) is 4.98 Å².